The van der Waals surface area contributed by atoms with E-state index in [1.54, 1.807) is 45.0 Å². The minimum absolute atomic E-state index is 0.300. The van der Waals surface area contributed by atoms with Gasteiger partial charge >= 0.3 is 12.1 Å². The van der Waals surface area contributed by atoms with E-state index in [0.29, 0.717) is 37.9 Å². The van der Waals surface area contributed by atoms with Gasteiger partial charge in [-0.25, -0.2) is 4.79 Å². The van der Waals surface area contributed by atoms with Crippen LogP contribution in [0, 0.1) is 0 Å². The molecule has 0 saturated heterocycles. The predicted molar refractivity (Wildman–Crippen MR) is 144 cm³/mol. The van der Waals surface area contributed by atoms with Gasteiger partial charge < -0.3 is 24.1 Å². The highest BCUT2D eigenvalue weighted by Gasteiger charge is 2.25. The molecule has 0 atom stereocenters. The van der Waals surface area contributed by atoms with E-state index in [-0.39, 0.29) is 0 Å². The van der Waals surface area contributed by atoms with E-state index in [9.17, 15) is 14.7 Å². The zero-order valence-corrected chi connectivity index (χ0v) is 22.0. The van der Waals surface area contributed by atoms with Gasteiger partial charge in [0.15, 0.2) is 0 Å². The minimum Gasteiger partial charge on any atom is -0.486 e. The molecule has 0 aliphatic carbocycles. The lowest BCUT2D eigenvalue weighted by Crippen LogP contribution is -2.40. The lowest BCUT2D eigenvalue weighted by atomic mass is 10.2. The van der Waals surface area contributed by atoms with Crippen molar-refractivity contribution in [3.8, 4) is 5.75 Å². The SMILES string of the molecule is CC(C)(C)OC(=O)N(CC(=O)O)c1ccc(OC(COCc2ccccc2)COCc2ccccc2)cc1. The monoisotopic (exact) mass is 521 g/mol. The summed E-state index contributed by atoms with van der Waals surface area (Å²) in [4.78, 5) is 25.0. The van der Waals surface area contributed by atoms with Crippen LogP contribution in [-0.2, 0) is 32.2 Å². The summed E-state index contributed by atoms with van der Waals surface area (Å²) in [5, 5.41) is 9.29. The van der Waals surface area contributed by atoms with Gasteiger partial charge in [-0.1, -0.05) is 60.7 Å². The summed E-state index contributed by atoms with van der Waals surface area (Å²) < 4.78 is 23.3. The topological polar surface area (TPSA) is 94.5 Å². The fraction of sp³-hybridized carbons (Fsp3) is 0.333. The van der Waals surface area contributed by atoms with Gasteiger partial charge in [0.25, 0.3) is 0 Å². The zero-order chi connectivity index (χ0) is 27.4. The molecule has 0 radical (unpaired) electrons. The maximum absolute atomic E-state index is 12.6. The number of carbonyl (C=O) groups is 2. The lowest BCUT2D eigenvalue weighted by Gasteiger charge is -2.26. The summed E-state index contributed by atoms with van der Waals surface area (Å²) in [6.45, 7) is 6.13. The standard InChI is InChI=1S/C30H35NO7/c1-30(2,3)38-29(34)31(18-28(32)33)25-14-16-26(17-15-25)37-27(21-35-19-23-10-6-4-7-11-23)22-36-20-24-12-8-5-9-13-24/h4-17,27H,18-22H2,1-3H3,(H,32,33). The second-order valence-corrected chi connectivity index (χ2v) is 9.70. The Labute approximate surface area is 223 Å². The fourth-order valence-electron chi connectivity index (χ4n) is 3.49. The van der Waals surface area contributed by atoms with E-state index >= 15 is 0 Å². The summed E-state index contributed by atoms with van der Waals surface area (Å²) in [6.07, 6.45) is -1.13. The van der Waals surface area contributed by atoms with E-state index in [4.69, 9.17) is 18.9 Å². The quantitative estimate of drug-likeness (QED) is 0.309. The number of rotatable bonds is 13. The van der Waals surface area contributed by atoms with Crippen LogP contribution in [0.5, 0.6) is 5.75 Å². The maximum atomic E-state index is 12.6. The van der Waals surface area contributed by atoms with Crippen molar-refractivity contribution in [3.63, 3.8) is 0 Å². The lowest BCUT2D eigenvalue weighted by molar-refractivity contribution is -0.135. The van der Waals surface area contributed by atoms with Crippen molar-refractivity contribution in [1.82, 2.24) is 0 Å². The van der Waals surface area contributed by atoms with Crippen molar-refractivity contribution in [2.24, 2.45) is 0 Å². The number of aliphatic carboxylic acids is 1. The Kier molecular flexibility index (Phi) is 10.7. The average Bonchev–Trinajstić information content (AvgIpc) is 2.88. The largest absolute Gasteiger partial charge is 0.486 e. The molecule has 0 aliphatic heterocycles. The molecule has 8 heteroatoms. The molecule has 1 N–H and O–H groups in total. The van der Waals surface area contributed by atoms with E-state index in [2.05, 4.69) is 0 Å². The highest BCUT2D eigenvalue weighted by atomic mass is 16.6. The van der Waals surface area contributed by atoms with Crippen LogP contribution < -0.4 is 9.64 Å². The van der Waals surface area contributed by atoms with Crippen molar-refractivity contribution < 1.29 is 33.6 Å². The normalized spacial score (nSPS) is 11.3. The fourth-order valence-corrected chi connectivity index (χ4v) is 3.49. The molecule has 0 bridgehead atoms. The maximum Gasteiger partial charge on any atom is 0.415 e. The first-order valence-electron chi connectivity index (χ1n) is 12.4. The van der Waals surface area contributed by atoms with E-state index in [1.807, 2.05) is 60.7 Å². The average molecular weight is 522 g/mol. The van der Waals surface area contributed by atoms with Crippen molar-refractivity contribution in [2.75, 3.05) is 24.7 Å². The highest BCUT2D eigenvalue weighted by molar-refractivity contribution is 5.93. The van der Waals surface area contributed by atoms with Gasteiger partial charge in [0.1, 0.15) is 24.0 Å². The van der Waals surface area contributed by atoms with E-state index in [1.165, 1.54) is 0 Å². The van der Waals surface area contributed by atoms with Gasteiger partial charge in [-0.3, -0.25) is 9.69 Å². The Morgan fingerprint density at radius 1 is 0.789 bits per heavy atom. The molecule has 0 aromatic heterocycles. The molecular formula is C30H35NO7. The van der Waals surface area contributed by atoms with Gasteiger partial charge in [-0.05, 0) is 56.2 Å². The zero-order valence-electron chi connectivity index (χ0n) is 22.0. The van der Waals surface area contributed by atoms with Crippen LogP contribution in [0.25, 0.3) is 0 Å². The molecule has 38 heavy (non-hydrogen) atoms. The number of carboxylic acids is 1. The van der Waals surface area contributed by atoms with Crippen LogP contribution >= 0.6 is 0 Å². The number of carbonyl (C=O) groups excluding carboxylic acids is 1. The first-order chi connectivity index (χ1) is 18.2. The second kappa shape index (κ2) is 14.2. The van der Waals surface area contributed by atoms with Gasteiger partial charge in [0, 0.05) is 5.69 Å². The predicted octanol–water partition coefficient (Wildman–Crippen LogP) is 5.69. The molecule has 202 valence electrons. The Hall–Kier alpha value is -3.88. The molecular weight excluding hydrogens is 486 g/mol. The summed E-state index contributed by atoms with van der Waals surface area (Å²) in [7, 11) is 0. The van der Waals surface area contributed by atoms with Crippen molar-refractivity contribution >= 4 is 17.7 Å². The number of nitrogens with zero attached hydrogens (tertiary/aromatic N) is 1. The molecule has 0 fully saturated rings. The van der Waals surface area contributed by atoms with Gasteiger partial charge in [0.05, 0.1) is 26.4 Å². The molecule has 0 spiro atoms. The number of ether oxygens (including phenoxy) is 4. The number of amides is 1. The van der Waals surface area contributed by atoms with Gasteiger partial charge in [-0.15, -0.1) is 0 Å². The molecule has 0 heterocycles. The molecule has 0 saturated carbocycles. The van der Waals surface area contributed by atoms with Crippen LogP contribution in [-0.4, -0.2) is 48.6 Å². The van der Waals surface area contributed by atoms with Gasteiger partial charge in [-0.2, -0.15) is 0 Å². The summed E-state index contributed by atoms with van der Waals surface area (Å²) >= 11 is 0. The molecule has 3 aromatic carbocycles. The minimum atomic E-state index is -1.15. The van der Waals surface area contributed by atoms with Crippen molar-refractivity contribution in [2.45, 2.75) is 45.7 Å². The first kappa shape index (κ1) is 28.7. The Balaban J connectivity index is 1.65. The van der Waals surface area contributed by atoms with Crippen LogP contribution in [0.15, 0.2) is 84.9 Å². The third-order valence-electron chi connectivity index (χ3n) is 5.19. The Bertz CT molecular complexity index is 1080. The first-order valence-corrected chi connectivity index (χ1v) is 12.4. The number of hydrogen-bond acceptors (Lipinski definition) is 6. The third kappa shape index (κ3) is 10.2. The van der Waals surface area contributed by atoms with Crippen molar-refractivity contribution in [1.29, 1.82) is 0 Å². The van der Waals surface area contributed by atoms with E-state index < -0.39 is 30.3 Å². The van der Waals surface area contributed by atoms with Crippen LogP contribution in [0.2, 0.25) is 0 Å². The Morgan fingerprint density at radius 3 is 1.74 bits per heavy atom. The molecule has 3 aromatic rings. The van der Waals surface area contributed by atoms with Crippen LogP contribution in [0.3, 0.4) is 0 Å². The van der Waals surface area contributed by atoms with E-state index in [0.717, 1.165) is 16.0 Å². The van der Waals surface area contributed by atoms with Crippen molar-refractivity contribution in [3.05, 3.63) is 96.1 Å². The highest BCUT2D eigenvalue weighted by Crippen LogP contribution is 2.23. The summed E-state index contributed by atoms with van der Waals surface area (Å²) in [5.41, 5.74) is 1.73. The van der Waals surface area contributed by atoms with Crippen LogP contribution in [0.4, 0.5) is 10.5 Å². The van der Waals surface area contributed by atoms with Crippen LogP contribution in [0.1, 0.15) is 31.9 Å². The third-order valence-corrected chi connectivity index (χ3v) is 5.19. The number of hydrogen-bond donors (Lipinski definition) is 1. The molecule has 3 rings (SSSR count). The summed E-state index contributed by atoms with van der Waals surface area (Å²) in [6, 6.07) is 26.3. The molecule has 0 unspecified atom stereocenters. The van der Waals surface area contributed by atoms with Gasteiger partial charge in [0.2, 0.25) is 0 Å². The molecule has 8 nitrogen and oxygen atoms in total. The molecule has 0 aliphatic rings. The molecule has 1 amide bonds. The number of benzene rings is 3. The second-order valence-electron chi connectivity index (χ2n) is 9.70. The number of carboxylic acid groups (broad SMARTS) is 1. The summed E-state index contributed by atoms with van der Waals surface area (Å²) in [5.74, 6) is -0.618. The smallest absolute Gasteiger partial charge is 0.415 e. The Morgan fingerprint density at radius 2 is 1.29 bits per heavy atom. The number of anilines is 1.